The van der Waals surface area contributed by atoms with Gasteiger partial charge in [0.05, 0.1) is 5.69 Å². The molecule has 1 N–H and O–H groups in total. The Morgan fingerprint density at radius 1 is 1.14 bits per heavy atom. The second-order valence-electron chi connectivity index (χ2n) is 6.70. The van der Waals surface area contributed by atoms with Gasteiger partial charge in [0.1, 0.15) is 0 Å². The zero-order valence-electron chi connectivity index (χ0n) is 15.1. The summed E-state index contributed by atoms with van der Waals surface area (Å²) in [6.07, 6.45) is 3.28. The van der Waals surface area contributed by atoms with E-state index >= 15 is 0 Å². The number of amides is 2. The van der Waals surface area contributed by atoms with E-state index in [0.717, 1.165) is 24.2 Å². The molecule has 2 amide bonds. The number of hydrogen-bond acceptors (Lipinski definition) is 3. The van der Waals surface area contributed by atoms with Crippen LogP contribution >= 0.6 is 11.6 Å². The first-order valence-electron chi connectivity index (χ1n) is 9.08. The molecular weight excluding hydrogens is 376 g/mol. The van der Waals surface area contributed by atoms with Gasteiger partial charge in [0.2, 0.25) is 5.91 Å². The van der Waals surface area contributed by atoms with Crippen molar-refractivity contribution in [2.45, 2.75) is 19.4 Å². The van der Waals surface area contributed by atoms with Crippen LogP contribution in [0.3, 0.4) is 0 Å². The van der Waals surface area contributed by atoms with E-state index in [0.29, 0.717) is 29.4 Å². The highest BCUT2D eigenvalue weighted by atomic mass is 35.5. The van der Waals surface area contributed by atoms with Crippen LogP contribution in [0.25, 0.3) is 5.69 Å². The van der Waals surface area contributed by atoms with Gasteiger partial charge >= 0.3 is 0 Å². The highest BCUT2D eigenvalue weighted by molar-refractivity contribution is 6.30. The molecule has 0 spiro atoms. The summed E-state index contributed by atoms with van der Waals surface area (Å²) in [5.41, 5.74) is 2.82. The van der Waals surface area contributed by atoms with Crippen molar-refractivity contribution < 1.29 is 9.59 Å². The zero-order chi connectivity index (χ0) is 19.5. The summed E-state index contributed by atoms with van der Waals surface area (Å²) in [6.45, 7) is 1.42. The molecule has 1 aliphatic heterocycles. The average molecular weight is 395 g/mol. The lowest BCUT2D eigenvalue weighted by Gasteiger charge is -2.15. The number of carbonyl (C=O) groups excluding carboxylic acids is 2. The number of rotatable bonds is 5. The Bertz CT molecular complexity index is 1010. The van der Waals surface area contributed by atoms with Crippen LogP contribution in [-0.2, 0) is 11.3 Å². The highest BCUT2D eigenvalue weighted by Crippen LogP contribution is 2.17. The minimum absolute atomic E-state index is 0.202. The number of halogens is 1. The van der Waals surface area contributed by atoms with Crippen molar-refractivity contribution in [1.82, 2.24) is 14.7 Å². The van der Waals surface area contributed by atoms with Crippen LogP contribution in [0.4, 0.5) is 5.69 Å². The van der Waals surface area contributed by atoms with Crippen molar-refractivity contribution in [2.24, 2.45) is 0 Å². The Kier molecular flexibility index (Phi) is 5.12. The van der Waals surface area contributed by atoms with E-state index in [1.54, 1.807) is 29.1 Å². The molecule has 3 aromatic rings. The number of likely N-dealkylation sites (tertiary alicyclic amines) is 1. The molecule has 0 radical (unpaired) electrons. The Labute approximate surface area is 167 Å². The standard InChI is InChI=1S/C21H19ClN4O2/c22-16-3-1-4-18(13-16)26-12-10-19(24-26)21(28)23-17-8-6-15(7-9-17)14-25-11-2-5-20(25)27/h1,3-4,6-10,12-13H,2,5,11,14H2,(H,23,28). The molecule has 28 heavy (non-hydrogen) atoms. The van der Waals surface area contributed by atoms with Crippen molar-refractivity contribution in [1.29, 1.82) is 0 Å². The maximum atomic E-state index is 12.5. The fourth-order valence-electron chi connectivity index (χ4n) is 3.19. The number of nitrogens with zero attached hydrogens (tertiary/aromatic N) is 3. The van der Waals surface area contributed by atoms with E-state index in [1.807, 2.05) is 41.3 Å². The van der Waals surface area contributed by atoms with Crippen molar-refractivity contribution in [2.75, 3.05) is 11.9 Å². The Morgan fingerprint density at radius 3 is 2.68 bits per heavy atom. The summed E-state index contributed by atoms with van der Waals surface area (Å²) in [6, 6.07) is 16.4. The van der Waals surface area contributed by atoms with Gasteiger partial charge in [0.15, 0.2) is 5.69 Å². The van der Waals surface area contributed by atoms with Crippen molar-refractivity contribution in [3.05, 3.63) is 77.1 Å². The van der Waals surface area contributed by atoms with Crippen LogP contribution in [-0.4, -0.2) is 33.0 Å². The van der Waals surface area contributed by atoms with Gasteiger partial charge in [-0.2, -0.15) is 5.10 Å². The highest BCUT2D eigenvalue weighted by Gasteiger charge is 2.20. The summed E-state index contributed by atoms with van der Waals surface area (Å²) in [4.78, 5) is 26.0. The van der Waals surface area contributed by atoms with Gasteiger partial charge in [-0.05, 0) is 48.4 Å². The molecule has 1 aromatic heterocycles. The molecule has 0 bridgehead atoms. The smallest absolute Gasteiger partial charge is 0.276 e. The molecule has 1 fully saturated rings. The lowest BCUT2D eigenvalue weighted by atomic mass is 10.2. The normalized spacial score (nSPS) is 13.8. The summed E-state index contributed by atoms with van der Waals surface area (Å²) in [5.74, 6) is -0.0871. The summed E-state index contributed by atoms with van der Waals surface area (Å²) in [7, 11) is 0. The number of benzene rings is 2. The van der Waals surface area contributed by atoms with Crippen LogP contribution in [0.1, 0.15) is 28.9 Å². The largest absolute Gasteiger partial charge is 0.338 e. The predicted octanol–water partition coefficient (Wildman–Crippen LogP) is 3.90. The molecule has 2 heterocycles. The van der Waals surface area contributed by atoms with Gasteiger partial charge in [-0.15, -0.1) is 0 Å². The van der Waals surface area contributed by atoms with E-state index in [-0.39, 0.29) is 11.8 Å². The predicted molar refractivity (Wildman–Crippen MR) is 108 cm³/mol. The molecule has 1 aliphatic rings. The van der Waals surface area contributed by atoms with E-state index in [1.165, 1.54) is 0 Å². The average Bonchev–Trinajstić information content (AvgIpc) is 3.33. The first kappa shape index (κ1) is 18.3. The van der Waals surface area contributed by atoms with Gasteiger partial charge in [0.25, 0.3) is 5.91 Å². The maximum absolute atomic E-state index is 12.5. The lowest BCUT2D eigenvalue weighted by Crippen LogP contribution is -2.23. The minimum atomic E-state index is -0.289. The Morgan fingerprint density at radius 2 is 1.96 bits per heavy atom. The van der Waals surface area contributed by atoms with E-state index in [9.17, 15) is 9.59 Å². The van der Waals surface area contributed by atoms with Crippen LogP contribution in [0.5, 0.6) is 0 Å². The molecule has 0 atom stereocenters. The van der Waals surface area contributed by atoms with E-state index in [2.05, 4.69) is 10.4 Å². The van der Waals surface area contributed by atoms with Gasteiger partial charge in [0, 0.05) is 36.4 Å². The van der Waals surface area contributed by atoms with Crippen LogP contribution in [0, 0.1) is 0 Å². The summed E-state index contributed by atoms with van der Waals surface area (Å²) in [5, 5.41) is 7.76. The molecule has 6 nitrogen and oxygen atoms in total. The third-order valence-electron chi connectivity index (χ3n) is 4.65. The molecular formula is C21H19ClN4O2. The van der Waals surface area contributed by atoms with E-state index in [4.69, 9.17) is 11.6 Å². The maximum Gasteiger partial charge on any atom is 0.276 e. The second kappa shape index (κ2) is 7.86. The molecule has 0 aliphatic carbocycles. The fraction of sp³-hybridized carbons (Fsp3) is 0.190. The SMILES string of the molecule is O=C(Nc1ccc(CN2CCCC2=O)cc1)c1ccn(-c2cccc(Cl)c2)n1. The first-order valence-corrected chi connectivity index (χ1v) is 9.46. The quantitative estimate of drug-likeness (QED) is 0.713. The number of hydrogen-bond donors (Lipinski definition) is 1. The molecule has 142 valence electrons. The van der Waals surface area contributed by atoms with Crippen molar-refractivity contribution in [3.8, 4) is 5.69 Å². The Balaban J connectivity index is 1.40. The van der Waals surface area contributed by atoms with Gasteiger partial charge in [-0.1, -0.05) is 29.8 Å². The summed E-state index contributed by atoms with van der Waals surface area (Å²) >= 11 is 6.00. The molecule has 4 rings (SSSR count). The first-order chi connectivity index (χ1) is 13.6. The molecule has 1 saturated heterocycles. The molecule has 2 aromatic carbocycles. The minimum Gasteiger partial charge on any atom is -0.338 e. The lowest BCUT2D eigenvalue weighted by molar-refractivity contribution is -0.128. The van der Waals surface area contributed by atoms with E-state index < -0.39 is 0 Å². The number of nitrogens with one attached hydrogen (secondary N) is 1. The number of aromatic nitrogens is 2. The molecule has 7 heteroatoms. The number of carbonyl (C=O) groups is 2. The zero-order valence-corrected chi connectivity index (χ0v) is 15.9. The van der Waals surface area contributed by atoms with Crippen molar-refractivity contribution in [3.63, 3.8) is 0 Å². The third kappa shape index (κ3) is 4.07. The second-order valence-corrected chi connectivity index (χ2v) is 7.13. The van der Waals surface area contributed by atoms with Crippen LogP contribution in [0.2, 0.25) is 5.02 Å². The monoisotopic (exact) mass is 394 g/mol. The van der Waals surface area contributed by atoms with Crippen molar-refractivity contribution >= 4 is 29.1 Å². The topological polar surface area (TPSA) is 67.2 Å². The fourth-order valence-corrected chi connectivity index (χ4v) is 3.37. The van der Waals surface area contributed by atoms with Gasteiger partial charge in [-0.3, -0.25) is 9.59 Å². The van der Waals surface area contributed by atoms with Crippen LogP contribution < -0.4 is 5.32 Å². The third-order valence-corrected chi connectivity index (χ3v) is 4.89. The van der Waals surface area contributed by atoms with Gasteiger partial charge in [-0.25, -0.2) is 4.68 Å². The number of anilines is 1. The van der Waals surface area contributed by atoms with Crippen LogP contribution in [0.15, 0.2) is 60.8 Å². The molecule has 0 saturated carbocycles. The summed E-state index contributed by atoms with van der Waals surface area (Å²) < 4.78 is 1.61. The molecule has 0 unspecified atom stereocenters. The van der Waals surface area contributed by atoms with Gasteiger partial charge < -0.3 is 10.2 Å². The Hall–Kier alpha value is -3.12.